The highest BCUT2D eigenvalue weighted by atomic mass is 19.1. The number of halogens is 1. The molecule has 1 fully saturated rings. The molecule has 0 radical (unpaired) electrons. The standard InChI is InChI=1S/C15H22FNO/c1-3-11-8-9-13(17-2)15(10-11)18-14-7-5-4-6-12(14)16/h4-7,11,13,15,17H,3,8-10H2,1-2H3. The van der Waals surface area contributed by atoms with Gasteiger partial charge >= 0.3 is 0 Å². The number of likely N-dealkylation sites (N-methyl/N-ethyl adjacent to an activating group) is 1. The van der Waals surface area contributed by atoms with Gasteiger partial charge in [-0.1, -0.05) is 25.5 Å². The second-order valence-corrected chi connectivity index (χ2v) is 5.07. The lowest BCUT2D eigenvalue weighted by Gasteiger charge is -2.35. The van der Waals surface area contributed by atoms with Crippen molar-refractivity contribution in [2.75, 3.05) is 7.05 Å². The van der Waals surface area contributed by atoms with Crippen LogP contribution in [0.5, 0.6) is 5.75 Å². The molecule has 1 saturated carbocycles. The van der Waals surface area contributed by atoms with Crippen LogP contribution >= 0.6 is 0 Å². The first-order valence-electron chi connectivity index (χ1n) is 6.83. The van der Waals surface area contributed by atoms with E-state index in [-0.39, 0.29) is 11.9 Å². The van der Waals surface area contributed by atoms with Gasteiger partial charge in [0.1, 0.15) is 6.10 Å². The largest absolute Gasteiger partial charge is 0.486 e. The van der Waals surface area contributed by atoms with Crippen LogP contribution in [0.15, 0.2) is 24.3 Å². The van der Waals surface area contributed by atoms with Crippen molar-refractivity contribution in [3.63, 3.8) is 0 Å². The number of nitrogens with one attached hydrogen (secondary N) is 1. The van der Waals surface area contributed by atoms with Gasteiger partial charge in [-0.15, -0.1) is 0 Å². The fourth-order valence-corrected chi connectivity index (χ4v) is 2.75. The third-order valence-corrected chi connectivity index (χ3v) is 3.96. The van der Waals surface area contributed by atoms with Crippen LogP contribution in [0, 0.1) is 11.7 Å². The van der Waals surface area contributed by atoms with E-state index in [0.29, 0.717) is 17.7 Å². The molecule has 1 aliphatic rings. The van der Waals surface area contributed by atoms with Crippen LogP contribution in [0.3, 0.4) is 0 Å². The van der Waals surface area contributed by atoms with Crippen molar-refractivity contribution in [2.45, 2.75) is 44.8 Å². The Labute approximate surface area is 109 Å². The Morgan fingerprint density at radius 3 is 2.78 bits per heavy atom. The molecule has 2 rings (SSSR count). The van der Waals surface area contributed by atoms with Gasteiger partial charge in [0.2, 0.25) is 0 Å². The maximum absolute atomic E-state index is 13.6. The smallest absolute Gasteiger partial charge is 0.165 e. The number of ether oxygens (including phenoxy) is 1. The number of hydrogen-bond acceptors (Lipinski definition) is 2. The fraction of sp³-hybridized carbons (Fsp3) is 0.600. The van der Waals surface area contributed by atoms with E-state index in [1.807, 2.05) is 13.1 Å². The van der Waals surface area contributed by atoms with Crippen molar-refractivity contribution in [2.24, 2.45) is 5.92 Å². The van der Waals surface area contributed by atoms with E-state index in [2.05, 4.69) is 12.2 Å². The minimum absolute atomic E-state index is 0.0746. The first-order valence-corrected chi connectivity index (χ1v) is 6.83. The first kappa shape index (κ1) is 13.3. The molecule has 0 spiro atoms. The molecule has 1 N–H and O–H groups in total. The number of rotatable bonds is 4. The lowest BCUT2D eigenvalue weighted by Crippen LogP contribution is -2.45. The minimum atomic E-state index is -0.272. The Morgan fingerprint density at radius 2 is 2.11 bits per heavy atom. The molecular weight excluding hydrogens is 229 g/mol. The molecule has 0 bridgehead atoms. The van der Waals surface area contributed by atoms with E-state index in [4.69, 9.17) is 4.74 Å². The van der Waals surface area contributed by atoms with E-state index >= 15 is 0 Å². The van der Waals surface area contributed by atoms with E-state index in [9.17, 15) is 4.39 Å². The molecule has 2 nitrogen and oxygen atoms in total. The van der Waals surface area contributed by atoms with Crippen LogP contribution < -0.4 is 10.1 Å². The second kappa shape index (κ2) is 6.19. The number of hydrogen-bond donors (Lipinski definition) is 1. The minimum Gasteiger partial charge on any atom is -0.486 e. The van der Waals surface area contributed by atoms with Gasteiger partial charge < -0.3 is 10.1 Å². The van der Waals surface area contributed by atoms with E-state index in [0.717, 1.165) is 12.8 Å². The topological polar surface area (TPSA) is 21.3 Å². The SMILES string of the molecule is CCC1CCC(NC)C(Oc2ccccc2F)C1. The quantitative estimate of drug-likeness (QED) is 0.886. The summed E-state index contributed by atoms with van der Waals surface area (Å²) < 4.78 is 19.5. The lowest BCUT2D eigenvalue weighted by molar-refractivity contribution is 0.0846. The molecule has 0 aromatic heterocycles. The van der Waals surface area contributed by atoms with Crippen LogP contribution in [0.25, 0.3) is 0 Å². The molecule has 0 aliphatic heterocycles. The third kappa shape index (κ3) is 3.02. The first-order chi connectivity index (χ1) is 8.74. The molecule has 0 saturated heterocycles. The average Bonchev–Trinajstić information content (AvgIpc) is 2.41. The maximum Gasteiger partial charge on any atom is 0.165 e. The summed E-state index contributed by atoms with van der Waals surface area (Å²) in [5, 5.41) is 3.29. The lowest BCUT2D eigenvalue weighted by atomic mass is 9.82. The molecule has 3 atom stereocenters. The van der Waals surface area contributed by atoms with Crippen molar-refractivity contribution in [1.82, 2.24) is 5.32 Å². The second-order valence-electron chi connectivity index (χ2n) is 5.07. The van der Waals surface area contributed by atoms with Crippen molar-refractivity contribution < 1.29 is 9.13 Å². The summed E-state index contributed by atoms with van der Waals surface area (Å²) in [6, 6.07) is 6.98. The van der Waals surface area contributed by atoms with Gasteiger partial charge in [0.15, 0.2) is 11.6 Å². The summed E-state index contributed by atoms with van der Waals surface area (Å²) in [5.41, 5.74) is 0. The summed E-state index contributed by atoms with van der Waals surface area (Å²) in [7, 11) is 1.95. The summed E-state index contributed by atoms with van der Waals surface area (Å²) in [5.74, 6) is 0.803. The molecule has 3 heteroatoms. The van der Waals surface area contributed by atoms with Crippen LogP contribution in [-0.2, 0) is 0 Å². The molecule has 100 valence electrons. The molecule has 0 amide bonds. The molecule has 3 unspecified atom stereocenters. The van der Waals surface area contributed by atoms with Crippen molar-refractivity contribution in [3.05, 3.63) is 30.1 Å². The van der Waals surface area contributed by atoms with Crippen LogP contribution in [0.4, 0.5) is 4.39 Å². The Kier molecular flexibility index (Phi) is 4.59. The summed E-state index contributed by atoms with van der Waals surface area (Å²) >= 11 is 0. The molecule has 1 aromatic carbocycles. The predicted molar refractivity (Wildman–Crippen MR) is 71.3 cm³/mol. The zero-order valence-corrected chi connectivity index (χ0v) is 11.2. The Morgan fingerprint density at radius 1 is 1.33 bits per heavy atom. The zero-order chi connectivity index (χ0) is 13.0. The maximum atomic E-state index is 13.6. The number of para-hydroxylation sites is 1. The fourth-order valence-electron chi connectivity index (χ4n) is 2.75. The molecular formula is C15H22FNO. The number of benzene rings is 1. The van der Waals surface area contributed by atoms with Gasteiger partial charge in [-0.3, -0.25) is 0 Å². The molecule has 18 heavy (non-hydrogen) atoms. The Balaban J connectivity index is 2.07. The van der Waals surface area contributed by atoms with Crippen molar-refractivity contribution >= 4 is 0 Å². The normalized spacial score (nSPS) is 28.1. The Bertz CT molecular complexity index is 383. The highest BCUT2D eigenvalue weighted by Crippen LogP contribution is 2.30. The van der Waals surface area contributed by atoms with Crippen LogP contribution in [-0.4, -0.2) is 19.2 Å². The molecule has 1 aliphatic carbocycles. The van der Waals surface area contributed by atoms with Crippen LogP contribution in [0.2, 0.25) is 0 Å². The predicted octanol–water partition coefficient (Wildman–Crippen LogP) is 3.37. The summed E-state index contributed by atoms with van der Waals surface area (Å²) in [6.07, 6.45) is 4.60. The molecule has 1 aromatic rings. The monoisotopic (exact) mass is 251 g/mol. The van der Waals surface area contributed by atoms with Crippen LogP contribution in [0.1, 0.15) is 32.6 Å². The Hall–Kier alpha value is -1.09. The van der Waals surface area contributed by atoms with Gasteiger partial charge in [-0.05, 0) is 44.4 Å². The van der Waals surface area contributed by atoms with Gasteiger partial charge in [0, 0.05) is 6.04 Å². The van der Waals surface area contributed by atoms with Gasteiger partial charge in [0.05, 0.1) is 0 Å². The van der Waals surface area contributed by atoms with Crippen molar-refractivity contribution in [3.8, 4) is 5.75 Å². The van der Waals surface area contributed by atoms with Gasteiger partial charge in [-0.2, -0.15) is 0 Å². The summed E-state index contributed by atoms with van der Waals surface area (Å²) in [6.45, 7) is 2.21. The zero-order valence-electron chi connectivity index (χ0n) is 11.2. The highest BCUT2D eigenvalue weighted by Gasteiger charge is 2.30. The summed E-state index contributed by atoms with van der Waals surface area (Å²) in [4.78, 5) is 0. The third-order valence-electron chi connectivity index (χ3n) is 3.96. The average molecular weight is 251 g/mol. The van der Waals surface area contributed by atoms with Gasteiger partial charge in [0.25, 0.3) is 0 Å². The van der Waals surface area contributed by atoms with E-state index < -0.39 is 0 Å². The van der Waals surface area contributed by atoms with Gasteiger partial charge in [-0.25, -0.2) is 4.39 Å². The van der Waals surface area contributed by atoms with E-state index in [1.54, 1.807) is 12.1 Å². The van der Waals surface area contributed by atoms with E-state index in [1.165, 1.54) is 18.9 Å². The van der Waals surface area contributed by atoms with Crippen molar-refractivity contribution in [1.29, 1.82) is 0 Å². The molecule has 0 heterocycles. The highest BCUT2D eigenvalue weighted by molar-refractivity contribution is 5.24.